The van der Waals surface area contributed by atoms with E-state index in [1.165, 1.54) is 30.6 Å². The lowest BCUT2D eigenvalue weighted by Gasteiger charge is -2.11. The Balaban J connectivity index is 1.76. The number of esters is 1. The van der Waals surface area contributed by atoms with E-state index in [0.29, 0.717) is 5.02 Å². The van der Waals surface area contributed by atoms with Gasteiger partial charge in [0.05, 0.1) is 32.5 Å². The first-order chi connectivity index (χ1) is 14.3. The molecule has 12 heteroatoms. The third kappa shape index (κ3) is 4.91. The van der Waals surface area contributed by atoms with Crippen molar-refractivity contribution in [3.05, 3.63) is 78.7 Å². The van der Waals surface area contributed by atoms with E-state index in [9.17, 15) is 14.4 Å². The van der Waals surface area contributed by atoms with E-state index in [-0.39, 0.29) is 32.1 Å². The second kappa shape index (κ2) is 9.44. The SMILES string of the molecule is O=C(COC(=O)c1ccccc1-n1ncc(Cl)c(Cl)c1=O)Nc1ncc(Cl)cc1Cl. The molecule has 3 rings (SSSR count). The molecule has 0 spiro atoms. The van der Waals surface area contributed by atoms with Crippen molar-refractivity contribution in [2.45, 2.75) is 0 Å². The molecule has 1 aromatic carbocycles. The third-order valence-electron chi connectivity index (χ3n) is 3.63. The van der Waals surface area contributed by atoms with Crippen LogP contribution in [-0.2, 0) is 9.53 Å². The lowest BCUT2D eigenvalue weighted by molar-refractivity contribution is -0.119. The summed E-state index contributed by atoms with van der Waals surface area (Å²) >= 11 is 23.3. The minimum atomic E-state index is -0.865. The summed E-state index contributed by atoms with van der Waals surface area (Å²) in [5.74, 6) is -1.48. The number of halogens is 4. The summed E-state index contributed by atoms with van der Waals surface area (Å²) in [6, 6.07) is 7.41. The molecule has 30 heavy (non-hydrogen) atoms. The highest BCUT2D eigenvalue weighted by Crippen LogP contribution is 2.22. The summed E-state index contributed by atoms with van der Waals surface area (Å²) in [5.41, 5.74) is -0.625. The van der Waals surface area contributed by atoms with Gasteiger partial charge in [-0.3, -0.25) is 9.59 Å². The van der Waals surface area contributed by atoms with Crippen LogP contribution in [0.1, 0.15) is 10.4 Å². The quantitative estimate of drug-likeness (QED) is 0.545. The summed E-state index contributed by atoms with van der Waals surface area (Å²) in [6.45, 7) is -0.627. The van der Waals surface area contributed by atoms with Crippen molar-refractivity contribution in [1.29, 1.82) is 0 Å². The molecule has 0 fully saturated rings. The maximum Gasteiger partial charge on any atom is 0.340 e. The maximum absolute atomic E-state index is 12.5. The normalized spacial score (nSPS) is 10.5. The Bertz CT molecular complexity index is 1200. The minimum Gasteiger partial charge on any atom is -0.452 e. The number of carbonyl (C=O) groups is 2. The molecule has 154 valence electrons. The van der Waals surface area contributed by atoms with Crippen molar-refractivity contribution < 1.29 is 14.3 Å². The van der Waals surface area contributed by atoms with E-state index in [1.807, 2.05) is 0 Å². The molecule has 0 saturated carbocycles. The summed E-state index contributed by atoms with van der Waals surface area (Å²) in [5, 5.41) is 6.43. The van der Waals surface area contributed by atoms with Crippen molar-refractivity contribution in [2.75, 3.05) is 11.9 Å². The molecule has 0 atom stereocenters. The van der Waals surface area contributed by atoms with Gasteiger partial charge in [0.25, 0.3) is 11.5 Å². The molecular weight excluding hydrogens is 478 g/mol. The fourth-order valence-electron chi connectivity index (χ4n) is 2.30. The molecule has 2 heterocycles. The largest absolute Gasteiger partial charge is 0.452 e. The van der Waals surface area contributed by atoms with Gasteiger partial charge in [0.1, 0.15) is 5.02 Å². The van der Waals surface area contributed by atoms with Crippen LogP contribution in [0.2, 0.25) is 20.1 Å². The zero-order valence-electron chi connectivity index (χ0n) is 14.7. The number of carbonyl (C=O) groups excluding carboxylic acids is 2. The number of aromatic nitrogens is 3. The Morgan fingerprint density at radius 2 is 1.80 bits per heavy atom. The summed E-state index contributed by atoms with van der Waals surface area (Å²) in [6.07, 6.45) is 2.47. The Kier molecular flexibility index (Phi) is 6.94. The van der Waals surface area contributed by atoms with Crippen LogP contribution in [0.25, 0.3) is 5.69 Å². The number of rotatable bonds is 5. The predicted octanol–water partition coefficient (Wildman–Crippen LogP) is 4.04. The van der Waals surface area contributed by atoms with Gasteiger partial charge in [-0.25, -0.2) is 9.78 Å². The van der Waals surface area contributed by atoms with Crippen LogP contribution in [0.3, 0.4) is 0 Å². The molecule has 0 aliphatic rings. The molecular formula is C18H10Cl4N4O4. The smallest absolute Gasteiger partial charge is 0.340 e. The highest BCUT2D eigenvalue weighted by atomic mass is 35.5. The molecule has 0 unspecified atom stereocenters. The maximum atomic E-state index is 12.5. The second-order valence-electron chi connectivity index (χ2n) is 5.65. The highest BCUT2D eigenvalue weighted by Gasteiger charge is 2.19. The minimum absolute atomic E-state index is 0.0130. The molecule has 0 aliphatic carbocycles. The van der Waals surface area contributed by atoms with Gasteiger partial charge in [0.15, 0.2) is 12.4 Å². The number of amides is 1. The van der Waals surface area contributed by atoms with Crippen molar-refractivity contribution >= 4 is 64.1 Å². The van der Waals surface area contributed by atoms with E-state index >= 15 is 0 Å². The summed E-state index contributed by atoms with van der Waals surface area (Å²) in [4.78, 5) is 40.8. The van der Waals surface area contributed by atoms with Gasteiger partial charge in [0, 0.05) is 6.20 Å². The molecule has 1 amide bonds. The fraction of sp³-hybridized carbons (Fsp3) is 0.0556. The molecule has 1 N–H and O–H groups in total. The first kappa shape index (κ1) is 22.0. The van der Waals surface area contributed by atoms with Crippen molar-refractivity contribution in [2.24, 2.45) is 0 Å². The number of hydrogen-bond acceptors (Lipinski definition) is 6. The molecule has 0 aliphatic heterocycles. The van der Waals surface area contributed by atoms with Crippen LogP contribution in [-0.4, -0.2) is 33.2 Å². The second-order valence-corrected chi connectivity index (χ2v) is 7.28. The number of benzene rings is 1. The van der Waals surface area contributed by atoms with E-state index in [1.54, 1.807) is 12.1 Å². The molecule has 0 radical (unpaired) electrons. The van der Waals surface area contributed by atoms with Gasteiger partial charge >= 0.3 is 5.97 Å². The third-order valence-corrected chi connectivity index (χ3v) is 4.87. The predicted molar refractivity (Wildman–Crippen MR) is 113 cm³/mol. The summed E-state index contributed by atoms with van der Waals surface area (Å²) in [7, 11) is 0. The number of nitrogens with zero attached hydrogens (tertiary/aromatic N) is 3. The van der Waals surface area contributed by atoms with Crippen LogP contribution >= 0.6 is 46.4 Å². The van der Waals surface area contributed by atoms with E-state index in [4.69, 9.17) is 51.1 Å². The number of anilines is 1. The van der Waals surface area contributed by atoms with Crippen LogP contribution in [0, 0.1) is 0 Å². The molecule has 8 nitrogen and oxygen atoms in total. The molecule has 3 aromatic rings. The Hall–Kier alpha value is -2.65. The number of hydrogen-bond donors (Lipinski definition) is 1. The van der Waals surface area contributed by atoms with Crippen molar-refractivity contribution in [3.63, 3.8) is 0 Å². The zero-order valence-corrected chi connectivity index (χ0v) is 17.8. The number of nitrogens with one attached hydrogen (secondary N) is 1. The average Bonchev–Trinajstić information content (AvgIpc) is 2.72. The first-order valence-electron chi connectivity index (χ1n) is 8.08. The first-order valence-corrected chi connectivity index (χ1v) is 9.60. The monoisotopic (exact) mass is 486 g/mol. The Labute approximate surface area is 189 Å². The van der Waals surface area contributed by atoms with Gasteiger partial charge in [-0.05, 0) is 18.2 Å². The van der Waals surface area contributed by atoms with Crippen molar-refractivity contribution in [1.82, 2.24) is 14.8 Å². The topological polar surface area (TPSA) is 103 Å². The van der Waals surface area contributed by atoms with E-state index in [2.05, 4.69) is 15.4 Å². The molecule has 0 bridgehead atoms. The molecule has 0 saturated heterocycles. The number of ether oxygens (including phenoxy) is 1. The standard InChI is InChI=1S/C18H10Cl4N4O4/c19-9-5-11(20)16(23-6-9)25-14(27)8-30-18(29)10-3-1-2-4-13(10)26-17(28)15(22)12(21)7-24-26/h1-7H,8H2,(H,23,25,27). The average molecular weight is 488 g/mol. The van der Waals surface area contributed by atoms with Gasteiger partial charge in [-0.2, -0.15) is 9.78 Å². The summed E-state index contributed by atoms with van der Waals surface area (Å²) < 4.78 is 5.94. The van der Waals surface area contributed by atoms with Crippen molar-refractivity contribution in [3.8, 4) is 5.69 Å². The van der Waals surface area contributed by atoms with Crippen LogP contribution < -0.4 is 10.9 Å². The Morgan fingerprint density at radius 1 is 1.07 bits per heavy atom. The highest BCUT2D eigenvalue weighted by molar-refractivity contribution is 6.41. The van der Waals surface area contributed by atoms with E-state index in [0.717, 1.165) is 4.68 Å². The lowest BCUT2D eigenvalue weighted by atomic mass is 10.2. The van der Waals surface area contributed by atoms with Gasteiger partial charge < -0.3 is 10.1 Å². The van der Waals surface area contributed by atoms with E-state index < -0.39 is 24.0 Å². The lowest BCUT2D eigenvalue weighted by Crippen LogP contribution is -2.25. The van der Waals surface area contributed by atoms with Crippen LogP contribution in [0.4, 0.5) is 5.82 Å². The number of pyridine rings is 1. The fourth-order valence-corrected chi connectivity index (χ4v) is 2.98. The zero-order chi connectivity index (χ0) is 21.8. The molecule has 2 aromatic heterocycles. The number of para-hydroxylation sites is 1. The van der Waals surface area contributed by atoms with Crippen LogP contribution in [0.5, 0.6) is 0 Å². The van der Waals surface area contributed by atoms with Gasteiger partial charge in [-0.15, -0.1) is 0 Å². The van der Waals surface area contributed by atoms with Crippen LogP contribution in [0.15, 0.2) is 47.5 Å². The van der Waals surface area contributed by atoms with Gasteiger partial charge in [0.2, 0.25) is 0 Å². The van der Waals surface area contributed by atoms with Gasteiger partial charge in [-0.1, -0.05) is 58.5 Å². The Morgan fingerprint density at radius 3 is 2.53 bits per heavy atom.